The van der Waals surface area contributed by atoms with Gasteiger partial charge in [-0.3, -0.25) is 9.78 Å². The van der Waals surface area contributed by atoms with E-state index in [2.05, 4.69) is 15.5 Å². The van der Waals surface area contributed by atoms with Gasteiger partial charge in [-0.1, -0.05) is 6.92 Å². The van der Waals surface area contributed by atoms with E-state index >= 15 is 0 Å². The Bertz CT molecular complexity index is 350. The molecule has 1 rings (SSSR count). The molecule has 0 aliphatic heterocycles. The van der Waals surface area contributed by atoms with Crippen molar-refractivity contribution >= 4 is 12.1 Å². The van der Waals surface area contributed by atoms with E-state index in [9.17, 15) is 9.90 Å². The van der Waals surface area contributed by atoms with Crippen LogP contribution in [0.2, 0.25) is 0 Å². The van der Waals surface area contributed by atoms with Crippen LogP contribution >= 0.6 is 0 Å². The summed E-state index contributed by atoms with van der Waals surface area (Å²) >= 11 is 0. The molecule has 0 aliphatic rings. The van der Waals surface area contributed by atoms with Crippen molar-refractivity contribution in [1.82, 2.24) is 10.4 Å². The van der Waals surface area contributed by atoms with Crippen molar-refractivity contribution < 1.29 is 9.90 Å². The maximum Gasteiger partial charge on any atom is 0.239 e. The first kappa shape index (κ1) is 10.2. The molecule has 0 spiro atoms. The molecule has 0 bridgehead atoms. The van der Waals surface area contributed by atoms with Crippen LogP contribution in [0.3, 0.4) is 0 Å². The maximum absolute atomic E-state index is 10.8. The summed E-state index contributed by atoms with van der Waals surface area (Å²) in [6, 6.07) is 3.10. The molecular formula is C9H11N3O2. The molecular weight excluding hydrogens is 182 g/mol. The number of carbonyl (C=O) groups is 1. The summed E-state index contributed by atoms with van der Waals surface area (Å²) in [5, 5.41) is 12.9. The molecule has 1 amide bonds. The van der Waals surface area contributed by atoms with Crippen LogP contribution in [-0.2, 0) is 4.79 Å². The van der Waals surface area contributed by atoms with E-state index in [-0.39, 0.29) is 11.7 Å². The number of rotatable bonds is 3. The monoisotopic (exact) mass is 193 g/mol. The van der Waals surface area contributed by atoms with E-state index in [1.54, 1.807) is 13.0 Å². The molecule has 14 heavy (non-hydrogen) atoms. The van der Waals surface area contributed by atoms with Crippen molar-refractivity contribution in [2.75, 3.05) is 0 Å². The zero-order chi connectivity index (χ0) is 10.4. The number of nitrogens with one attached hydrogen (secondary N) is 1. The van der Waals surface area contributed by atoms with Crippen molar-refractivity contribution in [2.45, 2.75) is 13.3 Å². The fraction of sp³-hybridized carbons (Fsp3) is 0.222. The van der Waals surface area contributed by atoms with Gasteiger partial charge in [0.1, 0.15) is 11.4 Å². The van der Waals surface area contributed by atoms with E-state index in [4.69, 9.17) is 0 Å². The lowest BCUT2D eigenvalue weighted by atomic mass is 10.3. The van der Waals surface area contributed by atoms with Crippen LogP contribution in [0.4, 0.5) is 0 Å². The average molecular weight is 193 g/mol. The number of hydrogen-bond acceptors (Lipinski definition) is 4. The van der Waals surface area contributed by atoms with Crippen molar-refractivity contribution in [2.24, 2.45) is 5.10 Å². The third kappa shape index (κ3) is 2.85. The van der Waals surface area contributed by atoms with Gasteiger partial charge in [0.15, 0.2) is 0 Å². The number of amides is 1. The van der Waals surface area contributed by atoms with Gasteiger partial charge in [-0.05, 0) is 12.1 Å². The molecule has 0 aliphatic carbocycles. The van der Waals surface area contributed by atoms with E-state index in [0.717, 1.165) is 0 Å². The molecule has 0 fully saturated rings. The Kier molecular flexibility index (Phi) is 3.60. The highest BCUT2D eigenvalue weighted by Crippen LogP contribution is 2.09. The molecule has 0 unspecified atom stereocenters. The lowest BCUT2D eigenvalue weighted by Crippen LogP contribution is -2.15. The number of hydrogen-bond donors (Lipinski definition) is 2. The minimum Gasteiger partial charge on any atom is -0.506 e. The lowest BCUT2D eigenvalue weighted by Gasteiger charge is -1.96. The smallest absolute Gasteiger partial charge is 0.239 e. The van der Waals surface area contributed by atoms with Crippen LogP contribution in [0.15, 0.2) is 23.4 Å². The Morgan fingerprint density at radius 2 is 2.57 bits per heavy atom. The van der Waals surface area contributed by atoms with Crippen molar-refractivity contribution in [1.29, 1.82) is 0 Å². The van der Waals surface area contributed by atoms with E-state index < -0.39 is 0 Å². The van der Waals surface area contributed by atoms with E-state index in [0.29, 0.717) is 12.1 Å². The molecule has 0 saturated heterocycles. The van der Waals surface area contributed by atoms with Crippen molar-refractivity contribution in [3.05, 3.63) is 24.0 Å². The predicted octanol–water partition coefficient (Wildman–Crippen LogP) is 0.647. The lowest BCUT2D eigenvalue weighted by molar-refractivity contribution is -0.120. The number of nitrogens with zero attached hydrogens (tertiary/aromatic N) is 2. The van der Waals surface area contributed by atoms with Gasteiger partial charge < -0.3 is 5.11 Å². The second kappa shape index (κ2) is 4.96. The molecule has 74 valence electrons. The Balaban J connectivity index is 2.60. The first-order chi connectivity index (χ1) is 6.74. The number of pyridine rings is 1. The first-order valence-corrected chi connectivity index (χ1v) is 4.20. The molecule has 1 aromatic rings. The third-order valence-electron chi connectivity index (χ3n) is 1.51. The Morgan fingerprint density at radius 3 is 3.21 bits per heavy atom. The topological polar surface area (TPSA) is 74.6 Å². The van der Waals surface area contributed by atoms with E-state index in [1.165, 1.54) is 18.5 Å². The summed E-state index contributed by atoms with van der Waals surface area (Å²) in [7, 11) is 0. The molecule has 5 nitrogen and oxygen atoms in total. The molecule has 0 radical (unpaired) electrons. The van der Waals surface area contributed by atoms with Crippen LogP contribution in [0.25, 0.3) is 0 Å². The fourth-order valence-corrected chi connectivity index (χ4v) is 0.753. The highest BCUT2D eigenvalue weighted by molar-refractivity contribution is 5.82. The minimum atomic E-state index is -0.184. The number of aromatic nitrogens is 1. The molecule has 1 aromatic heterocycles. The maximum atomic E-state index is 10.8. The van der Waals surface area contributed by atoms with Crippen LogP contribution in [0.1, 0.15) is 19.0 Å². The molecule has 5 heteroatoms. The summed E-state index contributed by atoms with van der Waals surface area (Å²) in [6.45, 7) is 1.73. The highest BCUT2D eigenvalue weighted by atomic mass is 16.3. The number of carbonyl (C=O) groups excluding carboxylic acids is 1. The van der Waals surface area contributed by atoms with Gasteiger partial charge in [0.05, 0.1) is 6.21 Å². The molecule has 0 aromatic carbocycles. The SMILES string of the molecule is CCC(=O)NN=Cc1ncccc1O. The molecule has 1 heterocycles. The van der Waals surface area contributed by atoms with Gasteiger partial charge in [-0.15, -0.1) is 0 Å². The Labute approximate surface area is 81.5 Å². The largest absolute Gasteiger partial charge is 0.506 e. The van der Waals surface area contributed by atoms with Crippen LogP contribution in [-0.4, -0.2) is 22.2 Å². The van der Waals surface area contributed by atoms with Gasteiger partial charge in [0.25, 0.3) is 0 Å². The summed E-state index contributed by atoms with van der Waals surface area (Å²) in [5.74, 6) is -0.154. The second-order valence-electron chi connectivity index (χ2n) is 2.55. The fourth-order valence-electron chi connectivity index (χ4n) is 0.753. The first-order valence-electron chi connectivity index (χ1n) is 4.20. The van der Waals surface area contributed by atoms with Crippen molar-refractivity contribution in [3.8, 4) is 5.75 Å². The van der Waals surface area contributed by atoms with Crippen molar-refractivity contribution in [3.63, 3.8) is 0 Å². The summed E-state index contributed by atoms with van der Waals surface area (Å²) in [4.78, 5) is 14.6. The molecule has 2 N–H and O–H groups in total. The van der Waals surface area contributed by atoms with Crippen LogP contribution in [0.5, 0.6) is 5.75 Å². The quantitative estimate of drug-likeness (QED) is 0.546. The van der Waals surface area contributed by atoms with Gasteiger partial charge in [-0.2, -0.15) is 5.10 Å². The zero-order valence-corrected chi connectivity index (χ0v) is 7.77. The molecule has 0 atom stereocenters. The average Bonchev–Trinajstić information content (AvgIpc) is 2.20. The Morgan fingerprint density at radius 1 is 1.79 bits per heavy atom. The van der Waals surface area contributed by atoms with E-state index in [1.807, 2.05) is 0 Å². The summed E-state index contributed by atoms with van der Waals surface area (Å²) < 4.78 is 0. The van der Waals surface area contributed by atoms with Crippen LogP contribution < -0.4 is 5.43 Å². The van der Waals surface area contributed by atoms with Gasteiger partial charge in [0, 0.05) is 12.6 Å². The number of aromatic hydroxyl groups is 1. The second-order valence-corrected chi connectivity index (χ2v) is 2.55. The van der Waals surface area contributed by atoms with Gasteiger partial charge in [-0.25, -0.2) is 5.43 Å². The normalized spacial score (nSPS) is 10.4. The minimum absolute atomic E-state index is 0.0296. The zero-order valence-electron chi connectivity index (χ0n) is 7.77. The van der Waals surface area contributed by atoms with Crippen LogP contribution in [0, 0.1) is 0 Å². The molecule has 0 saturated carbocycles. The third-order valence-corrected chi connectivity index (χ3v) is 1.51. The highest BCUT2D eigenvalue weighted by Gasteiger charge is 1.97. The Hall–Kier alpha value is -1.91. The number of hydrazone groups is 1. The standard InChI is InChI=1S/C9H11N3O2/c1-2-9(14)12-11-6-7-8(13)4-3-5-10-7/h3-6,13H,2H2,1H3,(H,12,14). The summed E-state index contributed by atoms with van der Waals surface area (Å²) in [5.41, 5.74) is 2.61. The predicted molar refractivity (Wildman–Crippen MR) is 51.9 cm³/mol. The summed E-state index contributed by atoms with van der Waals surface area (Å²) in [6.07, 6.45) is 3.19. The van der Waals surface area contributed by atoms with Gasteiger partial charge in [0.2, 0.25) is 5.91 Å². The van der Waals surface area contributed by atoms with Gasteiger partial charge >= 0.3 is 0 Å².